The Morgan fingerprint density at radius 3 is 2.44 bits per heavy atom. The van der Waals surface area contributed by atoms with Gasteiger partial charge >= 0.3 is 0 Å². The summed E-state index contributed by atoms with van der Waals surface area (Å²) in [5, 5.41) is 5.01. The Hall–Kier alpha value is -1.92. The molecule has 2 aromatic rings. The molecule has 148 valence electrons. The van der Waals surface area contributed by atoms with Gasteiger partial charge in [-0.25, -0.2) is 0 Å². The highest BCUT2D eigenvalue weighted by molar-refractivity contribution is 7.80. The zero-order valence-electron chi connectivity index (χ0n) is 17.2. The number of pyridine rings is 1. The van der Waals surface area contributed by atoms with Crippen LogP contribution in [0.2, 0.25) is 0 Å². The van der Waals surface area contributed by atoms with Gasteiger partial charge in [-0.2, -0.15) is 0 Å². The number of H-pyrrole nitrogens is 1. The first kappa shape index (κ1) is 21.4. The lowest BCUT2D eigenvalue weighted by molar-refractivity contribution is -0.895. The van der Waals surface area contributed by atoms with Crippen molar-refractivity contribution in [3.63, 3.8) is 0 Å². The van der Waals surface area contributed by atoms with Crippen LogP contribution in [0.15, 0.2) is 23.0 Å². The van der Waals surface area contributed by atoms with E-state index in [-0.39, 0.29) is 5.56 Å². The second-order valence-corrected chi connectivity index (χ2v) is 7.50. The molecule has 2 rings (SSSR count). The van der Waals surface area contributed by atoms with Crippen LogP contribution >= 0.6 is 12.2 Å². The molecule has 1 aromatic heterocycles. The number of hydrogen-bond donors (Lipinski definition) is 3. The van der Waals surface area contributed by atoms with Gasteiger partial charge in [0.2, 0.25) is 0 Å². The molecule has 0 aliphatic carbocycles. The summed E-state index contributed by atoms with van der Waals surface area (Å²) < 4.78 is 0. The van der Waals surface area contributed by atoms with Crippen LogP contribution in [0.25, 0.3) is 10.9 Å². The minimum Gasteiger partial charge on any atom is -0.363 e. The minimum atomic E-state index is -0.0368. The predicted molar refractivity (Wildman–Crippen MR) is 118 cm³/mol. The number of quaternary nitrogens is 1. The highest BCUT2D eigenvalue weighted by Crippen LogP contribution is 2.17. The summed E-state index contributed by atoms with van der Waals surface area (Å²) in [5.74, 6) is 0. The zero-order chi connectivity index (χ0) is 20.0. The fourth-order valence-electron chi connectivity index (χ4n) is 3.26. The molecule has 0 saturated carbocycles. The topological polar surface area (TPSA) is 52.6 Å². The van der Waals surface area contributed by atoms with Crippen molar-refractivity contribution in [3.8, 4) is 0 Å². The average molecular weight is 390 g/mol. The van der Waals surface area contributed by atoms with Gasteiger partial charge < -0.3 is 20.1 Å². The van der Waals surface area contributed by atoms with E-state index in [0.717, 1.165) is 49.2 Å². The quantitative estimate of drug-likeness (QED) is 0.603. The zero-order valence-corrected chi connectivity index (χ0v) is 18.1. The van der Waals surface area contributed by atoms with Crippen LogP contribution < -0.4 is 15.8 Å². The van der Waals surface area contributed by atoms with Crippen LogP contribution in [-0.2, 0) is 6.54 Å². The number of likely N-dealkylation sites (N-methyl/N-ethyl adjacent to an activating group) is 1. The molecule has 6 heteroatoms. The van der Waals surface area contributed by atoms with Crippen molar-refractivity contribution in [2.75, 3.05) is 32.7 Å². The lowest BCUT2D eigenvalue weighted by atomic mass is 10.0. The predicted octanol–water partition coefficient (Wildman–Crippen LogP) is 1.77. The first-order valence-electron chi connectivity index (χ1n) is 9.89. The van der Waals surface area contributed by atoms with Crippen molar-refractivity contribution in [3.05, 3.63) is 45.2 Å². The van der Waals surface area contributed by atoms with Gasteiger partial charge in [-0.3, -0.25) is 4.79 Å². The first-order valence-corrected chi connectivity index (χ1v) is 10.3. The average Bonchev–Trinajstić information content (AvgIpc) is 2.63. The third-order valence-corrected chi connectivity index (χ3v) is 5.65. The molecule has 0 amide bonds. The van der Waals surface area contributed by atoms with E-state index in [0.29, 0.717) is 11.7 Å². The highest BCUT2D eigenvalue weighted by Gasteiger charge is 2.15. The molecule has 1 aromatic carbocycles. The van der Waals surface area contributed by atoms with Crippen molar-refractivity contribution >= 4 is 28.2 Å². The molecule has 0 spiro atoms. The summed E-state index contributed by atoms with van der Waals surface area (Å²) in [6.45, 7) is 15.9. The summed E-state index contributed by atoms with van der Waals surface area (Å²) in [6, 6.07) is 6.18. The Morgan fingerprint density at radius 2 is 1.81 bits per heavy atom. The number of thiocarbonyl (C=S) groups is 1. The van der Waals surface area contributed by atoms with Crippen LogP contribution in [0.4, 0.5) is 0 Å². The van der Waals surface area contributed by atoms with E-state index < -0.39 is 0 Å². The largest absolute Gasteiger partial charge is 0.363 e. The first-order chi connectivity index (χ1) is 12.9. The lowest BCUT2D eigenvalue weighted by Crippen LogP contribution is -3.12. The van der Waals surface area contributed by atoms with Gasteiger partial charge in [0.05, 0.1) is 32.7 Å². The molecule has 3 N–H and O–H groups in total. The summed E-state index contributed by atoms with van der Waals surface area (Å²) in [6.07, 6.45) is 0. The molecule has 0 bridgehead atoms. The van der Waals surface area contributed by atoms with Crippen LogP contribution in [-0.4, -0.2) is 47.7 Å². The summed E-state index contributed by atoms with van der Waals surface area (Å²) in [7, 11) is 0. The lowest BCUT2D eigenvalue weighted by Gasteiger charge is -2.27. The van der Waals surface area contributed by atoms with E-state index in [4.69, 9.17) is 12.2 Å². The second-order valence-electron chi connectivity index (χ2n) is 7.11. The smallest absolute Gasteiger partial charge is 0.253 e. The molecule has 0 saturated heterocycles. The third kappa shape index (κ3) is 5.53. The Morgan fingerprint density at radius 1 is 1.15 bits per heavy atom. The van der Waals surface area contributed by atoms with E-state index in [9.17, 15) is 4.79 Å². The number of nitrogens with zero attached hydrogens (tertiary/aromatic N) is 1. The molecule has 1 heterocycles. The van der Waals surface area contributed by atoms with Gasteiger partial charge in [-0.1, -0.05) is 0 Å². The molecular weight excluding hydrogens is 356 g/mol. The fourth-order valence-corrected chi connectivity index (χ4v) is 3.56. The SMILES string of the molecule is CCNC(=S)N(CC[NH+](CC)CC)Cc1cc2cc(C)c(C)cc2[nH]c1=O. The number of benzene rings is 1. The van der Waals surface area contributed by atoms with E-state index >= 15 is 0 Å². The summed E-state index contributed by atoms with van der Waals surface area (Å²) >= 11 is 5.57. The molecule has 0 aliphatic heterocycles. The number of aryl methyl sites for hydroxylation is 2. The fraction of sp³-hybridized carbons (Fsp3) is 0.524. The third-order valence-electron chi connectivity index (χ3n) is 5.25. The van der Waals surface area contributed by atoms with Gasteiger partial charge in [-0.05, 0) is 81.5 Å². The molecule has 5 nitrogen and oxygen atoms in total. The number of rotatable bonds is 8. The highest BCUT2D eigenvalue weighted by atomic mass is 32.1. The number of aromatic amines is 1. The van der Waals surface area contributed by atoms with E-state index in [1.54, 1.807) is 0 Å². The molecule has 0 atom stereocenters. The number of nitrogens with one attached hydrogen (secondary N) is 3. The van der Waals surface area contributed by atoms with Crippen LogP contribution in [0.3, 0.4) is 0 Å². The van der Waals surface area contributed by atoms with Gasteiger partial charge in [0.15, 0.2) is 5.11 Å². The van der Waals surface area contributed by atoms with E-state index in [1.807, 2.05) is 19.1 Å². The maximum Gasteiger partial charge on any atom is 0.253 e. The van der Waals surface area contributed by atoms with Crippen molar-refractivity contribution in [2.24, 2.45) is 0 Å². The minimum absolute atomic E-state index is 0.0368. The van der Waals surface area contributed by atoms with Crippen LogP contribution in [0.5, 0.6) is 0 Å². The monoisotopic (exact) mass is 389 g/mol. The van der Waals surface area contributed by atoms with Crippen molar-refractivity contribution in [1.82, 2.24) is 15.2 Å². The van der Waals surface area contributed by atoms with Gasteiger partial charge in [0, 0.05) is 17.6 Å². The Balaban J connectivity index is 2.29. The normalized spacial score (nSPS) is 11.2. The van der Waals surface area contributed by atoms with E-state index in [2.05, 4.69) is 49.0 Å². The standard InChI is InChI=1S/C21H32N4OS/c1-6-22-21(27)25(10-9-24(7-2)8-3)14-18-13-17-11-15(4)16(5)12-19(17)23-20(18)26/h11-13H,6-10,14H2,1-5H3,(H,22,27)(H,23,26)/p+1. The number of fused-ring (bicyclic) bond motifs is 1. The number of hydrogen-bond acceptors (Lipinski definition) is 2. The van der Waals surface area contributed by atoms with Crippen molar-refractivity contribution in [1.29, 1.82) is 0 Å². The Labute approximate surface area is 167 Å². The molecule has 0 aliphatic rings. The summed E-state index contributed by atoms with van der Waals surface area (Å²) in [5.41, 5.74) is 4.01. The van der Waals surface area contributed by atoms with Gasteiger partial charge in [0.1, 0.15) is 0 Å². The number of aromatic nitrogens is 1. The maximum atomic E-state index is 12.6. The van der Waals surface area contributed by atoms with Crippen LogP contribution in [0.1, 0.15) is 37.5 Å². The Kier molecular flexibility index (Phi) is 7.80. The molecule has 0 radical (unpaired) electrons. The van der Waals surface area contributed by atoms with Crippen LogP contribution in [0, 0.1) is 13.8 Å². The van der Waals surface area contributed by atoms with Gasteiger partial charge in [0.25, 0.3) is 5.56 Å². The molecular formula is C21H33N4OS+. The molecule has 0 fully saturated rings. The summed E-state index contributed by atoms with van der Waals surface area (Å²) in [4.78, 5) is 19.3. The second kappa shape index (κ2) is 9.85. The van der Waals surface area contributed by atoms with E-state index in [1.165, 1.54) is 16.0 Å². The Bertz CT molecular complexity index is 842. The van der Waals surface area contributed by atoms with Gasteiger partial charge in [-0.15, -0.1) is 0 Å². The molecule has 0 unspecified atom stereocenters. The maximum absolute atomic E-state index is 12.6. The van der Waals surface area contributed by atoms with Crippen molar-refractivity contribution < 1.29 is 4.90 Å². The van der Waals surface area contributed by atoms with Crippen molar-refractivity contribution in [2.45, 2.75) is 41.2 Å². The molecule has 27 heavy (non-hydrogen) atoms.